The highest BCUT2D eigenvalue weighted by Crippen LogP contribution is 2.29. The molecule has 0 saturated heterocycles. The van der Waals surface area contributed by atoms with Crippen molar-refractivity contribution in [3.05, 3.63) is 28.3 Å². The van der Waals surface area contributed by atoms with Gasteiger partial charge in [-0.1, -0.05) is 0 Å². The summed E-state index contributed by atoms with van der Waals surface area (Å²) in [6, 6.07) is 2.32. The maximum Gasteiger partial charge on any atom is 0.135 e. The Hall–Kier alpha value is -0.820. The fourth-order valence-corrected chi connectivity index (χ4v) is 1.89. The highest BCUT2D eigenvalue weighted by atomic mass is 15.3. The zero-order valence-electron chi connectivity index (χ0n) is 10.5. The van der Waals surface area contributed by atoms with Gasteiger partial charge in [0.15, 0.2) is 0 Å². The van der Waals surface area contributed by atoms with Gasteiger partial charge in [0.25, 0.3) is 0 Å². The number of aryl methyl sites for hydroxylation is 1. The zero-order valence-corrected chi connectivity index (χ0v) is 10.5. The molecule has 1 aromatic carbocycles. The van der Waals surface area contributed by atoms with E-state index >= 15 is 0 Å². The van der Waals surface area contributed by atoms with Crippen LogP contribution in [0.25, 0.3) is 0 Å². The molecule has 0 aromatic heterocycles. The lowest BCUT2D eigenvalue weighted by Crippen LogP contribution is -2.35. The Kier molecular flexibility index (Phi) is 2.73. The average Bonchev–Trinajstić information content (AvgIpc) is 2.06. The Morgan fingerprint density at radius 1 is 0.786 bits per heavy atom. The van der Waals surface area contributed by atoms with Crippen molar-refractivity contribution in [2.24, 2.45) is 0 Å². The normalized spacial score (nSPS) is 11.9. The minimum Gasteiger partial charge on any atom is -0.298 e. The molecule has 1 heteroatoms. The van der Waals surface area contributed by atoms with E-state index in [1.807, 2.05) is 0 Å². The summed E-state index contributed by atoms with van der Waals surface area (Å²) in [6.07, 6.45) is 0. The number of hydrogen-bond acceptors (Lipinski definition) is 0. The lowest BCUT2D eigenvalue weighted by molar-refractivity contribution is 0.483. The van der Waals surface area contributed by atoms with Gasteiger partial charge in [0.1, 0.15) is 5.69 Å². The monoisotopic (exact) mass is 192 g/mol. The topological polar surface area (TPSA) is 0 Å². The first kappa shape index (κ1) is 11.3. The number of hydrogen-bond donors (Lipinski definition) is 0. The Labute approximate surface area is 88.0 Å². The molecule has 1 aromatic rings. The Morgan fingerprint density at radius 2 is 1.29 bits per heavy atom. The molecule has 0 aliphatic heterocycles. The van der Waals surface area contributed by atoms with E-state index in [9.17, 15) is 0 Å². The van der Waals surface area contributed by atoms with Crippen LogP contribution in [0.15, 0.2) is 6.07 Å². The number of nitrogens with zero attached hydrogens (tertiary/aromatic N) is 1. The summed E-state index contributed by atoms with van der Waals surface area (Å²) in [5.74, 6) is 0. The smallest absolute Gasteiger partial charge is 0.135 e. The molecule has 0 spiro atoms. The standard InChI is InChI=1S/C13H22N/c1-9-8-13(14(5,6)7)12(4)11(3)10(9)2/h8H,1-7H3/q+1. The maximum atomic E-state index is 2.32. The molecule has 0 unspecified atom stereocenters. The van der Waals surface area contributed by atoms with E-state index in [0.29, 0.717) is 0 Å². The molecule has 0 amide bonds. The van der Waals surface area contributed by atoms with Crippen molar-refractivity contribution < 1.29 is 0 Å². The van der Waals surface area contributed by atoms with Gasteiger partial charge in [-0.25, -0.2) is 0 Å². The van der Waals surface area contributed by atoms with Gasteiger partial charge in [-0.3, -0.25) is 4.48 Å². The Balaban J connectivity index is 3.49. The molecule has 0 atom stereocenters. The van der Waals surface area contributed by atoms with Gasteiger partial charge in [0.2, 0.25) is 0 Å². The van der Waals surface area contributed by atoms with Crippen LogP contribution < -0.4 is 4.48 Å². The highest BCUT2D eigenvalue weighted by molar-refractivity contribution is 5.57. The van der Waals surface area contributed by atoms with Crippen LogP contribution in [0.3, 0.4) is 0 Å². The molecule has 1 nitrogen and oxygen atoms in total. The first-order valence-corrected chi connectivity index (χ1v) is 5.14. The molecule has 14 heavy (non-hydrogen) atoms. The predicted molar refractivity (Wildman–Crippen MR) is 65.0 cm³/mol. The summed E-state index contributed by atoms with van der Waals surface area (Å²) in [5.41, 5.74) is 7.12. The van der Waals surface area contributed by atoms with Crippen molar-refractivity contribution in [3.63, 3.8) is 0 Å². The summed E-state index contributed by atoms with van der Waals surface area (Å²) >= 11 is 0. The first-order chi connectivity index (χ1) is 6.25. The average molecular weight is 192 g/mol. The number of rotatable bonds is 1. The van der Waals surface area contributed by atoms with Crippen molar-refractivity contribution in [1.82, 2.24) is 4.48 Å². The maximum absolute atomic E-state index is 2.32. The fourth-order valence-electron chi connectivity index (χ4n) is 1.89. The summed E-state index contributed by atoms with van der Waals surface area (Å²) in [5, 5.41) is 0. The van der Waals surface area contributed by atoms with E-state index in [0.717, 1.165) is 4.48 Å². The van der Waals surface area contributed by atoms with E-state index < -0.39 is 0 Å². The van der Waals surface area contributed by atoms with Crippen LogP contribution >= 0.6 is 0 Å². The van der Waals surface area contributed by atoms with Crippen LogP contribution in [0, 0.1) is 27.7 Å². The summed E-state index contributed by atoms with van der Waals surface area (Å²) in [4.78, 5) is 0. The van der Waals surface area contributed by atoms with E-state index in [2.05, 4.69) is 54.9 Å². The molecular formula is C13H22N+. The second kappa shape index (κ2) is 3.39. The van der Waals surface area contributed by atoms with Crippen LogP contribution in [0.5, 0.6) is 0 Å². The molecule has 0 aliphatic carbocycles. The van der Waals surface area contributed by atoms with Crippen molar-refractivity contribution in [2.45, 2.75) is 27.7 Å². The summed E-state index contributed by atoms with van der Waals surface area (Å²) < 4.78 is 0.897. The second-order valence-electron chi connectivity index (χ2n) is 5.10. The molecule has 78 valence electrons. The number of benzene rings is 1. The van der Waals surface area contributed by atoms with Crippen LogP contribution in [-0.2, 0) is 0 Å². The van der Waals surface area contributed by atoms with Crippen molar-refractivity contribution in [3.8, 4) is 0 Å². The van der Waals surface area contributed by atoms with Gasteiger partial charge in [-0.2, -0.15) is 0 Å². The minimum absolute atomic E-state index is 0.897. The SMILES string of the molecule is Cc1cc([N+](C)(C)C)c(C)c(C)c1C. The van der Waals surface area contributed by atoms with Gasteiger partial charge in [-0.15, -0.1) is 0 Å². The molecular weight excluding hydrogens is 170 g/mol. The summed E-state index contributed by atoms with van der Waals surface area (Å²) in [6.45, 7) is 8.84. The van der Waals surface area contributed by atoms with Crippen molar-refractivity contribution in [2.75, 3.05) is 21.1 Å². The molecule has 0 radical (unpaired) electrons. The fraction of sp³-hybridized carbons (Fsp3) is 0.538. The highest BCUT2D eigenvalue weighted by Gasteiger charge is 2.18. The minimum atomic E-state index is 0.897. The van der Waals surface area contributed by atoms with Gasteiger partial charge in [0, 0.05) is 11.6 Å². The largest absolute Gasteiger partial charge is 0.298 e. The third-order valence-corrected chi connectivity index (χ3v) is 3.18. The molecule has 0 heterocycles. The van der Waals surface area contributed by atoms with Crippen molar-refractivity contribution >= 4 is 5.69 Å². The van der Waals surface area contributed by atoms with Gasteiger partial charge in [-0.05, 0) is 44.4 Å². The third-order valence-electron chi connectivity index (χ3n) is 3.18. The second-order valence-corrected chi connectivity index (χ2v) is 5.10. The first-order valence-electron chi connectivity index (χ1n) is 5.14. The summed E-state index contributed by atoms with van der Waals surface area (Å²) in [7, 11) is 6.66. The molecule has 1 rings (SSSR count). The van der Waals surface area contributed by atoms with Crippen LogP contribution in [0.2, 0.25) is 0 Å². The lowest BCUT2D eigenvalue weighted by atomic mass is 9.97. The quantitative estimate of drug-likeness (QED) is 0.600. The lowest BCUT2D eigenvalue weighted by Gasteiger charge is -2.27. The van der Waals surface area contributed by atoms with Crippen LogP contribution in [0.4, 0.5) is 5.69 Å². The zero-order chi connectivity index (χ0) is 11.1. The van der Waals surface area contributed by atoms with Gasteiger partial charge >= 0.3 is 0 Å². The number of quaternary nitrogens is 1. The van der Waals surface area contributed by atoms with Crippen LogP contribution in [0.1, 0.15) is 22.3 Å². The van der Waals surface area contributed by atoms with Crippen molar-refractivity contribution in [1.29, 1.82) is 0 Å². The van der Waals surface area contributed by atoms with E-state index in [1.54, 1.807) is 0 Å². The van der Waals surface area contributed by atoms with Gasteiger partial charge < -0.3 is 0 Å². The van der Waals surface area contributed by atoms with Gasteiger partial charge in [0.05, 0.1) is 21.1 Å². The predicted octanol–water partition coefficient (Wildman–Crippen LogP) is 3.12. The Morgan fingerprint density at radius 3 is 1.71 bits per heavy atom. The Bertz CT molecular complexity index is 356. The van der Waals surface area contributed by atoms with E-state index in [4.69, 9.17) is 0 Å². The van der Waals surface area contributed by atoms with Crippen LogP contribution in [-0.4, -0.2) is 21.1 Å². The third kappa shape index (κ3) is 1.83. The molecule has 0 saturated carbocycles. The molecule has 0 aliphatic rings. The van der Waals surface area contributed by atoms with E-state index in [-0.39, 0.29) is 0 Å². The molecule has 0 bridgehead atoms. The molecule has 0 fully saturated rings. The molecule has 0 N–H and O–H groups in total. The van der Waals surface area contributed by atoms with E-state index in [1.165, 1.54) is 27.9 Å².